The first-order valence-corrected chi connectivity index (χ1v) is 8.29. The Hall–Kier alpha value is -3.07. The van der Waals surface area contributed by atoms with Gasteiger partial charge in [-0.25, -0.2) is 0 Å². The second-order valence-electron chi connectivity index (χ2n) is 6.59. The van der Waals surface area contributed by atoms with Crippen LogP contribution in [0.1, 0.15) is 25.0 Å². The fourth-order valence-electron chi connectivity index (χ4n) is 3.66. The highest BCUT2D eigenvalue weighted by molar-refractivity contribution is 6.03. The number of para-hydroxylation sites is 1. The van der Waals surface area contributed by atoms with Gasteiger partial charge in [0.2, 0.25) is 0 Å². The summed E-state index contributed by atoms with van der Waals surface area (Å²) in [5, 5.41) is 21.4. The fraction of sp³-hybridized carbons (Fsp3) is 0.136. The quantitative estimate of drug-likeness (QED) is 0.637. The van der Waals surface area contributed by atoms with E-state index in [2.05, 4.69) is 4.99 Å². The number of nitrogens with zero attached hydrogens (tertiary/aromatic N) is 1. The fourth-order valence-corrected chi connectivity index (χ4v) is 3.66. The van der Waals surface area contributed by atoms with Crippen LogP contribution in [0.3, 0.4) is 0 Å². The number of phenols is 2. The van der Waals surface area contributed by atoms with E-state index in [-0.39, 0.29) is 11.5 Å². The Morgan fingerprint density at radius 2 is 1.52 bits per heavy atom. The lowest BCUT2D eigenvalue weighted by Gasteiger charge is -2.29. The van der Waals surface area contributed by atoms with E-state index in [1.54, 1.807) is 12.1 Å². The summed E-state index contributed by atoms with van der Waals surface area (Å²) in [6.45, 7) is 4.01. The van der Waals surface area contributed by atoms with Crippen LogP contribution in [0.15, 0.2) is 71.7 Å². The van der Waals surface area contributed by atoms with E-state index in [1.807, 2.05) is 68.4 Å². The predicted molar refractivity (Wildman–Crippen MR) is 101 cm³/mol. The van der Waals surface area contributed by atoms with Gasteiger partial charge in [0.05, 0.1) is 11.1 Å². The van der Waals surface area contributed by atoms with Crippen molar-refractivity contribution in [3.63, 3.8) is 0 Å². The van der Waals surface area contributed by atoms with Gasteiger partial charge in [-0.3, -0.25) is 4.99 Å². The highest BCUT2D eigenvalue weighted by Gasteiger charge is 2.41. The van der Waals surface area contributed by atoms with E-state index in [4.69, 9.17) is 0 Å². The monoisotopic (exact) mass is 329 g/mol. The van der Waals surface area contributed by atoms with E-state index >= 15 is 0 Å². The number of rotatable bonds is 2. The smallest absolute Gasteiger partial charge is 0.128 e. The van der Waals surface area contributed by atoms with Crippen molar-refractivity contribution in [1.82, 2.24) is 0 Å². The molecule has 0 fully saturated rings. The molecule has 124 valence electrons. The van der Waals surface area contributed by atoms with Crippen LogP contribution in [-0.2, 0) is 5.41 Å². The second kappa shape index (κ2) is 5.49. The maximum absolute atomic E-state index is 11.1. The zero-order chi connectivity index (χ0) is 17.6. The average Bonchev–Trinajstić information content (AvgIpc) is 2.89. The van der Waals surface area contributed by atoms with Crippen LogP contribution in [0.5, 0.6) is 11.5 Å². The molecule has 0 saturated heterocycles. The minimum absolute atomic E-state index is 0.130. The van der Waals surface area contributed by atoms with Crippen molar-refractivity contribution in [3.8, 4) is 22.6 Å². The Kier molecular flexibility index (Phi) is 3.39. The molecule has 0 radical (unpaired) electrons. The van der Waals surface area contributed by atoms with Crippen LogP contribution < -0.4 is 0 Å². The molecule has 1 heterocycles. The van der Waals surface area contributed by atoms with Crippen LogP contribution in [0.4, 0.5) is 5.69 Å². The standard InChI is InChI=1S/C22H19NO2/c1-14-22(2,18-10-6-7-11-20(18)23-14)19-13-16(24)12-17(21(19)25)15-8-4-3-5-9-15/h3-13,24-25H,1-2H3. The molecule has 4 rings (SSSR count). The number of hydrogen-bond donors (Lipinski definition) is 2. The van der Waals surface area contributed by atoms with Crippen molar-refractivity contribution in [2.75, 3.05) is 0 Å². The Balaban J connectivity index is 1.99. The third kappa shape index (κ3) is 2.23. The summed E-state index contributed by atoms with van der Waals surface area (Å²) in [5.41, 5.74) is 4.41. The minimum Gasteiger partial charge on any atom is -0.508 e. The highest BCUT2D eigenvalue weighted by Crippen LogP contribution is 2.50. The number of aromatic hydroxyl groups is 2. The van der Waals surface area contributed by atoms with Crippen LogP contribution in [0.25, 0.3) is 11.1 Å². The normalized spacial score (nSPS) is 18.7. The molecule has 2 N–H and O–H groups in total. The molecule has 25 heavy (non-hydrogen) atoms. The maximum Gasteiger partial charge on any atom is 0.128 e. The van der Waals surface area contributed by atoms with Gasteiger partial charge in [-0.15, -0.1) is 0 Å². The zero-order valence-corrected chi connectivity index (χ0v) is 14.2. The molecule has 3 aromatic carbocycles. The summed E-state index contributed by atoms with van der Waals surface area (Å²) in [6, 6.07) is 20.8. The lowest BCUT2D eigenvalue weighted by Crippen LogP contribution is -2.29. The number of phenolic OH excluding ortho intramolecular Hbond substituents is 2. The van der Waals surface area contributed by atoms with E-state index in [0.717, 1.165) is 22.5 Å². The largest absolute Gasteiger partial charge is 0.508 e. The molecule has 0 bridgehead atoms. The SMILES string of the molecule is CC1=Nc2ccccc2C1(C)c1cc(O)cc(-c2ccccc2)c1O. The van der Waals surface area contributed by atoms with Gasteiger partial charge in [0.15, 0.2) is 0 Å². The zero-order valence-electron chi connectivity index (χ0n) is 14.2. The summed E-state index contributed by atoms with van der Waals surface area (Å²) in [5.74, 6) is 0.308. The number of fused-ring (bicyclic) bond motifs is 1. The van der Waals surface area contributed by atoms with Crippen LogP contribution in [-0.4, -0.2) is 15.9 Å². The third-order valence-corrected chi connectivity index (χ3v) is 5.17. The van der Waals surface area contributed by atoms with Crippen molar-refractivity contribution in [1.29, 1.82) is 0 Å². The topological polar surface area (TPSA) is 52.8 Å². The van der Waals surface area contributed by atoms with Gasteiger partial charge in [0, 0.05) is 16.8 Å². The van der Waals surface area contributed by atoms with Crippen molar-refractivity contribution in [2.24, 2.45) is 4.99 Å². The van der Waals surface area contributed by atoms with Gasteiger partial charge in [-0.1, -0.05) is 48.5 Å². The Morgan fingerprint density at radius 3 is 2.28 bits per heavy atom. The summed E-state index contributed by atoms with van der Waals surface area (Å²) in [7, 11) is 0. The Bertz CT molecular complexity index is 992. The van der Waals surface area contributed by atoms with E-state index < -0.39 is 5.41 Å². The first-order chi connectivity index (χ1) is 12.0. The van der Waals surface area contributed by atoms with Crippen LogP contribution in [0.2, 0.25) is 0 Å². The molecular weight excluding hydrogens is 310 g/mol. The Morgan fingerprint density at radius 1 is 0.840 bits per heavy atom. The molecule has 0 aliphatic carbocycles. The van der Waals surface area contributed by atoms with Gasteiger partial charge in [0.1, 0.15) is 11.5 Å². The van der Waals surface area contributed by atoms with E-state index in [1.165, 1.54) is 0 Å². The van der Waals surface area contributed by atoms with Crippen molar-refractivity contribution in [2.45, 2.75) is 19.3 Å². The molecule has 1 atom stereocenters. The number of benzene rings is 3. The lowest BCUT2D eigenvalue weighted by molar-refractivity contribution is 0.450. The summed E-state index contributed by atoms with van der Waals surface area (Å²) in [4.78, 5) is 4.68. The molecule has 1 aliphatic rings. The first kappa shape index (κ1) is 15.5. The molecule has 0 aromatic heterocycles. The lowest BCUT2D eigenvalue weighted by atomic mass is 9.73. The molecule has 0 saturated carbocycles. The van der Waals surface area contributed by atoms with Gasteiger partial charge in [-0.2, -0.15) is 0 Å². The Labute approximate surface area is 146 Å². The number of hydrogen-bond acceptors (Lipinski definition) is 3. The van der Waals surface area contributed by atoms with Crippen molar-refractivity contribution >= 4 is 11.4 Å². The molecule has 3 nitrogen and oxygen atoms in total. The highest BCUT2D eigenvalue weighted by atomic mass is 16.3. The molecular formula is C22H19NO2. The minimum atomic E-state index is -0.580. The summed E-state index contributed by atoms with van der Waals surface area (Å²) >= 11 is 0. The molecule has 3 aromatic rings. The van der Waals surface area contributed by atoms with Crippen LogP contribution >= 0.6 is 0 Å². The first-order valence-electron chi connectivity index (χ1n) is 8.29. The van der Waals surface area contributed by atoms with Crippen molar-refractivity contribution in [3.05, 3.63) is 77.9 Å². The molecule has 3 heteroatoms. The average molecular weight is 329 g/mol. The predicted octanol–water partition coefficient (Wildman–Crippen LogP) is 5.18. The molecule has 0 amide bonds. The van der Waals surface area contributed by atoms with Crippen molar-refractivity contribution < 1.29 is 10.2 Å². The third-order valence-electron chi connectivity index (χ3n) is 5.17. The summed E-state index contributed by atoms with van der Waals surface area (Å²) in [6.07, 6.45) is 0. The molecule has 0 spiro atoms. The molecule has 1 aliphatic heterocycles. The van der Waals surface area contributed by atoms with Gasteiger partial charge in [-0.05, 0) is 43.2 Å². The maximum atomic E-state index is 11.1. The van der Waals surface area contributed by atoms with Gasteiger partial charge in [0.25, 0.3) is 0 Å². The van der Waals surface area contributed by atoms with Gasteiger partial charge >= 0.3 is 0 Å². The molecule has 1 unspecified atom stereocenters. The van der Waals surface area contributed by atoms with Crippen LogP contribution in [0, 0.1) is 0 Å². The van der Waals surface area contributed by atoms with E-state index in [0.29, 0.717) is 11.1 Å². The van der Waals surface area contributed by atoms with Gasteiger partial charge < -0.3 is 10.2 Å². The second-order valence-corrected chi connectivity index (χ2v) is 6.59. The summed E-state index contributed by atoms with van der Waals surface area (Å²) < 4.78 is 0. The van der Waals surface area contributed by atoms with E-state index in [9.17, 15) is 10.2 Å². The number of aliphatic imine (C=N–C) groups is 1.